The van der Waals surface area contributed by atoms with Crippen molar-refractivity contribution in [1.29, 1.82) is 0 Å². The zero-order chi connectivity index (χ0) is 13.2. The largest absolute Gasteiger partial charge is 0.496 e. The molecular formula is C14H11N3O2. The fraction of sp³-hybridized carbons (Fsp3) is 0.0714. The van der Waals surface area contributed by atoms with Crippen molar-refractivity contribution in [3.05, 3.63) is 48.3 Å². The molecule has 0 amide bonds. The fourth-order valence-electron chi connectivity index (χ4n) is 1.96. The Balaban J connectivity index is 2.17. The van der Waals surface area contributed by atoms with Gasteiger partial charge in [-0.25, -0.2) is 9.50 Å². The lowest BCUT2D eigenvalue weighted by Crippen LogP contribution is -1.95. The fourth-order valence-corrected chi connectivity index (χ4v) is 1.96. The number of aldehydes is 1. The summed E-state index contributed by atoms with van der Waals surface area (Å²) >= 11 is 0. The molecule has 0 saturated heterocycles. The minimum Gasteiger partial charge on any atom is -0.496 e. The summed E-state index contributed by atoms with van der Waals surface area (Å²) in [6.07, 6.45) is 2.30. The average molecular weight is 253 g/mol. The van der Waals surface area contributed by atoms with Crippen molar-refractivity contribution in [2.45, 2.75) is 0 Å². The van der Waals surface area contributed by atoms with Crippen molar-refractivity contribution in [1.82, 2.24) is 14.6 Å². The third kappa shape index (κ3) is 1.95. The van der Waals surface area contributed by atoms with Crippen molar-refractivity contribution in [2.75, 3.05) is 7.11 Å². The van der Waals surface area contributed by atoms with Crippen LogP contribution in [-0.2, 0) is 0 Å². The molecule has 0 aliphatic rings. The van der Waals surface area contributed by atoms with Crippen molar-refractivity contribution in [3.63, 3.8) is 0 Å². The molecule has 0 fully saturated rings. The Morgan fingerprint density at radius 1 is 1.21 bits per heavy atom. The van der Waals surface area contributed by atoms with E-state index in [2.05, 4.69) is 10.1 Å². The summed E-state index contributed by atoms with van der Waals surface area (Å²) in [5, 5.41) is 4.44. The predicted octanol–water partition coefficient (Wildman–Crippen LogP) is 2.22. The second-order valence-electron chi connectivity index (χ2n) is 4.01. The topological polar surface area (TPSA) is 56.5 Å². The Morgan fingerprint density at radius 3 is 2.84 bits per heavy atom. The molecular weight excluding hydrogens is 242 g/mol. The van der Waals surface area contributed by atoms with E-state index >= 15 is 0 Å². The summed E-state index contributed by atoms with van der Waals surface area (Å²) in [6, 6.07) is 11.3. The molecule has 3 rings (SSSR count). The molecule has 3 aromatic rings. The van der Waals surface area contributed by atoms with Gasteiger partial charge in [0.2, 0.25) is 0 Å². The molecule has 0 atom stereocenters. The lowest BCUT2D eigenvalue weighted by Gasteiger charge is -2.07. The van der Waals surface area contributed by atoms with E-state index in [-0.39, 0.29) is 0 Å². The molecule has 0 N–H and O–H groups in total. The lowest BCUT2D eigenvalue weighted by atomic mass is 10.1. The van der Waals surface area contributed by atoms with Gasteiger partial charge in [0.15, 0.2) is 11.9 Å². The van der Waals surface area contributed by atoms with Gasteiger partial charge in [-0.2, -0.15) is 5.10 Å². The molecule has 1 aromatic carbocycles. The Hall–Kier alpha value is -2.69. The first kappa shape index (κ1) is 11.4. The van der Waals surface area contributed by atoms with Gasteiger partial charge in [-0.3, -0.25) is 4.79 Å². The van der Waals surface area contributed by atoms with Gasteiger partial charge in [0.25, 0.3) is 0 Å². The minimum atomic E-state index is 0.365. The number of carbonyl (C=O) groups excluding carboxylic acids is 1. The van der Waals surface area contributed by atoms with Crippen LogP contribution >= 0.6 is 0 Å². The molecule has 0 aliphatic heterocycles. The van der Waals surface area contributed by atoms with Crippen LogP contribution in [0.15, 0.2) is 42.6 Å². The molecule has 5 nitrogen and oxygen atoms in total. The number of nitrogens with zero attached hydrogens (tertiary/aromatic N) is 3. The van der Waals surface area contributed by atoms with E-state index in [1.807, 2.05) is 36.4 Å². The summed E-state index contributed by atoms with van der Waals surface area (Å²) in [6.45, 7) is 0. The number of para-hydroxylation sites is 1. The predicted molar refractivity (Wildman–Crippen MR) is 70.4 cm³/mol. The highest BCUT2D eigenvalue weighted by molar-refractivity contribution is 5.73. The highest BCUT2D eigenvalue weighted by Gasteiger charge is 2.08. The van der Waals surface area contributed by atoms with Crippen LogP contribution in [0.3, 0.4) is 0 Å². The number of hydrogen-bond acceptors (Lipinski definition) is 4. The van der Waals surface area contributed by atoms with Gasteiger partial charge in [-0.1, -0.05) is 12.1 Å². The van der Waals surface area contributed by atoms with Crippen molar-refractivity contribution in [2.24, 2.45) is 0 Å². The van der Waals surface area contributed by atoms with Gasteiger partial charge in [0, 0.05) is 5.56 Å². The zero-order valence-corrected chi connectivity index (χ0v) is 10.3. The maximum Gasteiger partial charge on any atom is 0.170 e. The van der Waals surface area contributed by atoms with Crippen LogP contribution in [0, 0.1) is 0 Å². The highest BCUT2D eigenvalue weighted by Crippen LogP contribution is 2.27. The Kier molecular flexibility index (Phi) is 2.72. The number of imidazole rings is 1. The number of hydrogen-bond donors (Lipinski definition) is 0. The van der Waals surface area contributed by atoms with Crippen LogP contribution in [0.2, 0.25) is 0 Å². The summed E-state index contributed by atoms with van der Waals surface area (Å²) in [5.74, 6) is 0.755. The van der Waals surface area contributed by atoms with E-state index in [1.54, 1.807) is 17.8 Å². The van der Waals surface area contributed by atoms with Gasteiger partial charge in [-0.05, 0) is 24.3 Å². The molecule has 0 spiro atoms. The standard InChI is InChI=1S/C14H11N3O2/c1-19-13-5-3-2-4-11(13)12-6-7-14-15-10(9-18)8-17(14)16-12/h2-9H,1H3. The van der Waals surface area contributed by atoms with Gasteiger partial charge in [-0.15, -0.1) is 0 Å². The maximum absolute atomic E-state index is 10.7. The highest BCUT2D eigenvalue weighted by atomic mass is 16.5. The molecule has 2 heterocycles. The van der Waals surface area contributed by atoms with E-state index in [4.69, 9.17) is 4.74 Å². The molecule has 19 heavy (non-hydrogen) atoms. The first-order valence-electron chi connectivity index (χ1n) is 5.77. The Morgan fingerprint density at radius 2 is 2.05 bits per heavy atom. The molecule has 5 heteroatoms. The van der Waals surface area contributed by atoms with Crippen molar-refractivity contribution in [3.8, 4) is 17.0 Å². The molecule has 0 bridgehead atoms. The maximum atomic E-state index is 10.7. The third-order valence-corrected chi connectivity index (χ3v) is 2.84. The first-order valence-corrected chi connectivity index (χ1v) is 5.77. The molecule has 0 saturated carbocycles. The first-order chi connectivity index (χ1) is 9.31. The van der Waals surface area contributed by atoms with Crippen LogP contribution in [0.5, 0.6) is 5.75 Å². The second kappa shape index (κ2) is 4.53. The van der Waals surface area contributed by atoms with Crippen LogP contribution < -0.4 is 4.74 Å². The van der Waals surface area contributed by atoms with E-state index in [9.17, 15) is 4.79 Å². The number of rotatable bonds is 3. The van der Waals surface area contributed by atoms with E-state index in [1.165, 1.54) is 0 Å². The number of benzene rings is 1. The van der Waals surface area contributed by atoms with Gasteiger partial charge < -0.3 is 4.74 Å². The summed E-state index contributed by atoms with van der Waals surface area (Å²) in [7, 11) is 1.62. The molecule has 94 valence electrons. The zero-order valence-electron chi connectivity index (χ0n) is 10.3. The average Bonchev–Trinajstić information content (AvgIpc) is 2.89. The quantitative estimate of drug-likeness (QED) is 0.671. The lowest BCUT2D eigenvalue weighted by molar-refractivity contribution is 0.111. The number of fused-ring (bicyclic) bond motifs is 1. The molecule has 0 radical (unpaired) electrons. The summed E-state index contributed by atoms with van der Waals surface area (Å²) in [4.78, 5) is 14.8. The Bertz CT molecular complexity index is 749. The van der Waals surface area contributed by atoms with E-state index < -0.39 is 0 Å². The molecule has 0 unspecified atom stereocenters. The normalized spacial score (nSPS) is 10.6. The SMILES string of the molecule is COc1ccccc1-c1ccc2nc(C=O)cn2n1. The second-order valence-corrected chi connectivity index (χ2v) is 4.01. The molecule has 0 aliphatic carbocycles. The smallest absolute Gasteiger partial charge is 0.170 e. The van der Waals surface area contributed by atoms with Crippen LogP contribution in [0.4, 0.5) is 0 Å². The summed E-state index contributed by atoms with van der Waals surface area (Å²) in [5.41, 5.74) is 2.67. The van der Waals surface area contributed by atoms with Gasteiger partial charge >= 0.3 is 0 Å². The number of methoxy groups -OCH3 is 1. The van der Waals surface area contributed by atoms with Gasteiger partial charge in [0.1, 0.15) is 11.4 Å². The molecule has 2 aromatic heterocycles. The van der Waals surface area contributed by atoms with Crippen molar-refractivity contribution < 1.29 is 9.53 Å². The van der Waals surface area contributed by atoms with E-state index in [0.29, 0.717) is 17.6 Å². The number of aromatic nitrogens is 3. The van der Waals surface area contributed by atoms with E-state index in [0.717, 1.165) is 17.0 Å². The Labute approximate surface area is 109 Å². The van der Waals surface area contributed by atoms with Crippen molar-refractivity contribution >= 4 is 11.9 Å². The van der Waals surface area contributed by atoms with Crippen LogP contribution in [-0.4, -0.2) is 28.0 Å². The minimum absolute atomic E-state index is 0.365. The number of ether oxygens (including phenoxy) is 1. The number of carbonyl (C=O) groups is 1. The monoisotopic (exact) mass is 253 g/mol. The summed E-state index contributed by atoms with van der Waals surface area (Å²) < 4.78 is 6.91. The van der Waals surface area contributed by atoms with Gasteiger partial charge in [0.05, 0.1) is 19.0 Å². The van der Waals surface area contributed by atoms with Crippen LogP contribution in [0.25, 0.3) is 16.9 Å². The third-order valence-electron chi connectivity index (χ3n) is 2.84. The van der Waals surface area contributed by atoms with Crippen LogP contribution in [0.1, 0.15) is 10.5 Å².